The maximum atomic E-state index is 12.4. The molecule has 6 heteroatoms. The van der Waals surface area contributed by atoms with Gasteiger partial charge in [-0.3, -0.25) is 4.79 Å². The third-order valence-electron chi connectivity index (χ3n) is 3.77. The summed E-state index contributed by atoms with van der Waals surface area (Å²) < 4.78 is 5.80. The lowest BCUT2D eigenvalue weighted by molar-refractivity contribution is -0.133. The fourth-order valence-electron chi connectivity index (χ4n) is 2.47. The minimum absolute atomic E-state index is 0.0775. The second-order valence-electron chi connectivity index (χ2n) is 5.23. The van der Waals surface area contributed by atoms with Gasteiger partial charge >= 0.3 is 0 Å². The van der Waals surface area contributed by atoms with Crippen molar-refractivity contribution in [3.63, 3.8) is 0 Å². The first kappa shape index (κ1) is 14.7. The molecule has 1 aliphatic rings. The van der Waals surface area contributed by atoms with Crippen molar-refractivity contribution in [2.24, 2.45) is 0 Å². The molecule has 1 atom stereocenters. The van der Waals surface area contributed by atoms with E-state index in [-0.39, 0.29) is 12.0 Å². The predicted octanol–water partition coefficient (Wildman–Crippen LogP) is 3.18. The molecular formula is C15H18N2O2S2. The molecule has 4 nitrogen and oxygen atoms in total. The number of hydrogen-bond acceptors (Lipinski definition) is 5. The van der Waals surface area contributed by atoms with Gasteiger partial charge in [0.1, 0.15) is 6.10 Å². The van der Waals surface area contributed by atoms with Gasteiger partial charge in [0.2, 0.25) is 5.91 Å². The maximum Gasteiger partial charge on any atom is 0.225 e. The lowest BCUT2D eigenvalue weighted by Crippen LogP contribution is -2.29. The molecule has 2 aromatic rings. The molecule has 1 amide bonds. The molecule has 0 bridgehead atoms. The van der Waals surface area contributed by atoms with E-state index in [0.29, 0.717) is 19.6 Å². The van der Waals surface area contributed by atoms with Gasteiger partial charge in [-0.1, -0.05) is 0 Å². The number of thiazole rings is 1. The van der Waals surface area contributed by atoms with Gasteiger partial charge in [0.05, 0.1) is 30.8 Å². The Labute approximate surface area is 132 Å². The number of rotatable bonds is 4. The molecule has 3 rings (SSSR count). The molecule has 3 heterocycles. The van der Waals surface area contributed by atoms with Crippen LogP contribution in [-0.4, -0.2) is 29.4 Å². The zero-order valence-electron chi connectivity index (χ0n) is 12.2. The average molecular weight is 322 g/mol. The van der Waals surface area contributed by atoms with Crippen LogP contribution >= 0.6 is 22.7 Å². The lowest BCUT2D eigenvalue weighted by atomic mass is 10.1. The van der Waals surface area contributed by atoms with Crippen LogP contribution in [0.1, 0.15) is 33.5 Å². The van der Waals surface area contributed by atoms with Crippen LogP contribution < -0.4 is 0 Å². The van der Waals surface area contributed by atoms with Crippen LogP contribution in [0.5, 0.6) is 0 Å². The van der Waals surface area contributed by atoms with E-state index in [9.17, 15) is 4.79 Å². The first-order valence-corrected chi connectivity index (χ1v) is 8.72. The molecule has 0 radical (unpaired) electrons. The van der Waals surface area contributed by atoms with Crippen LogP contribution in [0.15, 0.2) is 17.0 Å². The highest BCUT2D eigenvalue weighted by atomic mass is 32.1. The standard InChI is InChI=1S/C15H18N2O2S2/c1-10-13(21-9-16-10)8-17(2)14(18)7-12-15-11(3-5-19-12)4-6-20-15/h4,6,9,12H,3,5,7-8H2,1-2H3. The third-order valence-corrected chi connectivity index (χ3v) is 5.75. The van der Waals surface area contributed by atoms with E-state index < -0.39 is 0 Å². The van der Waals surface area contributed by atoms with Gasteiger partial charge < -0.3 is 9.64 Å². The van der Waals surface area contributed by atoms with Crippen LogP contribution in [-0.2, 0) is 22.5 Å². The summed E-state index contributed by atoms with van der Waals surface area (Å²) in [4.78, 5) is 20.8. The van der Waals surface area contributed by atoms with Gasteiger partial charge in [-0.25, -0.2) is 4.98 Å². The van der Waals surface area contributed by atoms with Crippen molar-refractivity contribution in [2.45, 2.75) is 32.4 Å². The first-order valence-electron chi connectivity index (χ1n) is 6.96. The Balaban J connectivity index is 1.63. The van der Waals surface area contributed by atoms with E-state index in [0.717, 1.165) is 17.0 Å². The summed E-state index contributed by atoms with van der Waals surface area (Å²) in [5.74, 6) is 0.119. The monoisotopic (exact) mass is 322 g/mol. The van der Waals surface area contributed by atoms with Crippen molar-refractivity contribution >= 4 is 28.6 Å². The predicted molar refractivity (Wildman–Crippen MR) is 84.7 cm³/mol. The van der Waals surface area contributed by atoms with Crippen LogP contribution in [0.4, 0.5) is 0 Å². The van der Waals surface area contributed by atoms with E-state index in [2.05, 4.69) is 16.4 Å². The summed E-state index contributed by atoms with van der Waals surface area (Å²) in [5, 5.41) is 2.08. The molecule has 0 aliphatic carbocycles. The zero-order valence-corrected chi connectivity index (χ0v) is 13.8. The van der Waals surface area contributed by atoms with Gasteiger partial charge in [0.15, 0.2) is 0 Å². The number of thiophene rings is 1. The van der Waals surface area contributed by atoms with Gasteiger partial charge in [0, 0.05) is 16.8 Å². The maximum absolute atomic E-state index is 12.4. The number of carbonyl (C=O) groups is 1. The molecule has 0 saturated carbocycles. The summed E-state index contributed by atoms with van der Waals surface area (Å²) >= 11 is 3.29. The molecule has 0 N–H and O–H groups in total. The number of aromatic nitrogens is 1. The molecule has 1 unspecified atom stereocenters. The second-order valence-corrected chi connectivity index (χ2v) is 7.12. The number of fused-ring (bicyclic) bond motifs is 1. The van der Waals surface area contributed by atoms with E-state index in [1.807, 2.05) is 19.5 Å². The molecule has 112 valence electrons. The highest BCUT2D eigenvalue weighted by Crippen LogP contribution is 2.34. The Bertz CT molecular complexity index is 635. The van der Waals surface area contributed by atoms with E-state index in [1.54, 1.807) is 27.6 Å². The summed E-state index contributed by atoms with van der Waals surface area (Å²) in [6.45, 7) is 3.31. The SMILES string of the molecule is Cc1ncsc1CN(C)C(=O)CC1OCCc2ccsc21. The van der Waals surface area contributed by atoms with Gasteiger partial charge in [0.25, 0.3) is 0 Å². The van der Waals surface area contributed by atoms with E-state index >= 15 is 0 Å². The Morgan fingerprint density at radius 2 is 2.38 bits per heavy atom. The Kier molecular flexibility index (Phi) is 4.37. The van der Waals surface area contributed by atoms with Crippen molar-refractivity contribution in [1.29, 1.82) is 0 Å². The van der Waals surface area contributed by atoms with Crippen molar-refractivity contribution in [2.75, 3.05) is 13.7 Å². The van der Waals surface area contributed by atoms with Crippen molar-refractivity contribution < 1.29 is 9.53 Å². The molecular weight excluding hydrogens is 304 g/mol. The first-order chi connectivity index (χ1) is 10.1. The number of ether oxygens (including phenoxy) is 1. The van der Waals surface area contributed by atoms with Crippen LogP contribution in [0.3, 0.4) is 0 Å². The number of aryl methyl sites for hydroxylation is 1. The Morgan fingerprint density at radius 3 is 3.14 bits per heavy atom. The highest BCUT2D eigenvalue weighted by molar-refractivity contribution is 7.10. The quantitative estimate of drug-likeness (QED) is 0.868. The summed E-state index contributed by atoms with van der Waals surface area (Å²) in [7, 11) is 1.85. The Morgan fingerprint density at radius 1 is 1.52 bits per heavy atom. The summed E-state index contributed by atoms with van der Waals surface area (Å²) in [6.07, 6.45) is 1.30. The summed E-state index contributed by atoms with van der Waals surface area (Å²) in [6, 6.07) is 2.14. The van der Waals surface area contributed by atoms with Crippen LogP contribution in [0.25, 0.3) is 0 Å². The molecule has 1 aliphatic heterocycles. The average Bonchev–Trinajstić information content (AvgIpc) is 3.09. The van der Waals surface area contributed by atoms with E-state index in [1.165, 1.54) is 10.4 Å². The summed E-state index contributed by atoms with van der Waals surface area (Å²) in [5.41, 5.74) is 4.17. The number of carbonyl (C=O) groups excluding carboxylic acids is 1. The second kappa shape index (κ2) is 6.25. The van der Waals surface area contributed by atoms with Gasteiger partial charge in [-0.05, 0) is 30.4 Å². The van der Waals surface area contributed by atoms with Crippen LogP contribution in [0.2, 0.25) is 0 Å². The lowest BCUT2D eigenvalue weighted by Gasteiger charge is -2.25. The van der Waals surface area contributed by atoms with E-state index in [4.69, 9.17) is 4.74 Å². The van der Waals surface area contributed by atoms with Gasteiger partial charge in [-0.15, -0.1) is 22.7 Å². The molecule has 0 aromatic carbocycles. The Hall–Kier alpha value is -1.24. The van der Waals surface area contributed by atoms with Crippen molar-refractivity contribution in [3.8, 4) is 0 Å². The minimum atomic E-state index is -0.0775. The third kappa shape index (κ3) is 3.17. The molecule has 0 saturated heterocycles. The fourth-order valence-corrected chi connectivity index (χ4v) is 4.30. The molecule has 0 spiro atoms. The molecule has 21 heavy (non-hydrogen) atoms. The van der Waals surface area contributed by atoms with Crippen LogP contribution in [0, 0.1) is 6.92 Å². The number of amides is 1. The van der Waals surface area contributed by atoms with Crippen molar-refractivity contribution in [1.82, 2.24) is 9.88 Å². The normalized spacial score (nSPS) is 17.5. The largest absolute Gasteiger partial charge is 0.372 e. The van der Waals surface area contributed by atoms with Crippen molar-refractivity contribution in [3.05, 3.63) is 38.0 Å². The number of hydrogen-bond donors (Lipinski definition) is 0. The number of nitrogens with zero attached hydrogens (tertiary/aromatic N) is 2. The molecule has 2 aromatic heterocycles. The minimum Gasteiger partial charge on any atom is -0.372 e. The highest BCUT2D eigenvalue weighted by Gasteiger charge is 2.26. The fraction of sp³-hybridized carbons (Fsp3) is 0.467. The molecule has 0 fully saturated rings. The topological polar surface area (TPSA) is 42.4 Å². The zero-order chi connectivity index (χ0) is 14.8. The smallest absolute Gasteiger partial charge is 0.225 e. The van der Waals surface area contributed by atoms with Gasteiger partial charge in [-0.2, -0.15) is 0 Å².